The number of Topliss-reactive ketones (excluding diaryl/α,β-unsaturated/α-hetero) is 3. The molecule has 38 heavy (non-hydrogen) atoms. The van der Waals surface area contributed by atoms with Crippen LogP contribution in [0, 0.1) is 11.8 Å². The molecule has 1 aromatic carbocycles. The van der Waals surface area contributed by atoms with Gasteiger partial charge in [0.15, 0.2) is 17.2 Å². The molecule has 1 aliphatic heterocycles. The van der Waals surface area contributed by atoms with Crippen LogP contribution in [0.15, 0.2) is 51.3 Å². The van der Waals surface area contributed by atoms with E-state index in [-0.39, 0.29) is 36.1 Å². The maximum atomic E-state index is 13.7. The number of hydrogen-bond donors (Lipinski definition) is 4. The highest BCUT2D eigenvalue weighted by Gasteiger charge is 2.59. The van der Waals surface area contributed by atoms with E-state index in [1.54, 1.807) is 6.07 Å². The lowest BCUT2D eigenvalue weighted by atomic mass is 9.60. The predicted molar refractivity (Wildman–Crippen MR) is 135 cm³/mol. The number of nitrogens with zero attached hydrogens (tertiary/aromatic N) is 1. The molecule has 2 heterocycles. The molecule has 1 saturated heterocycles. The van der Waals surface area contributed by atoms with Gasteiger partial charge in [0.1, 0.15) is 34.4 Å². The summed E-state index contributed by atoms with van der Waals surface area (Å²) in [6.07, 6.45) is 2.51. The molecule has 0 unspecified atom stereocenters. The van der Waals surface area contributed by atoms with Crippen molar-refractivity contribution in [2.24, 2.45) is 11.8 Å². The lowest BCUT2D eigenvalue weighted by Crippen LogP contribution is -2.56. The molecule has 198 valence electrons. The molecule has 4 N–H and O–H groups in total. The standard InChI is InChI=1S/C29H29NO8/c1-14(31)23-21(33)12-16-10-15-11-19-18(22-7-4-17(38-22)13-30-8-2-3-9-30)5-6-20(32)25(19)26(34)24(15)28(36)29(16,37)27(23)35/h4-7,15-16,32-33,36-37H,2-3,8-13H2,1H3/t15-,16+,29-/m1/s1. The van der Waals surface area contributed by atoms with Crippen LogP contribution in [0.5, 0.6) is 5.75 Å². The first-order valence-corrected chi connectivity index (χ1v) is 13.0. The molecule has 2 aromatic rings. The van der Waals surface area contributed by atoms with Crippen molar-refractivity contribution in [2.75, 3.05) is 13.1 Å². The molecular formula is C29H29NO8. The Kier molecular flexibility index (Phi) is 5.62. The van der Waals surface area contributed by atoms with Gasteiger partial charge in [0.05, 0.1) is 12.1 Å². The van der Waals surface area contributed by atoms with Crippen LogP contribution in [0.3, 0.4) is 0 Å². The number of allylic oxidation sites excluding steroid dienone is 2. The number of benzene rings is 1. The minimum absolute atomic E-state index is 0.00622. The average molecular weight is 520 g/mol. The molecule has 3 atom stereocenters. The number of aromatic hydroxyl groups is 1. The monoisotopic (exact) mass is 519 g/mol. The number of fused-ring (bicyclic) bond motifs is 3. The Hall–Kier alpha value is -3.69. The molecule has 1 fully saturated rings. The van der Waals surface area contributed by atoms with E-state index in [2.05, 4.69) is 4.90 Å². The lowest BCUT2D eigenvalue weighted by molar-refractivity contribution is -0.144. The predicted octanol–water partition coefficient (Wildman–Crippen LogP) is 3.54. The van der Waals surface area contributed by atoms with E-state index >= 15 is 0 Å². The molecule has 1 aromatic heterocycles. The number of ketones is 3. The van der Waals surface area contributed by atoms with Crippen molar-refractivity contribution in [1.29, 1.82) is 0 Å². The summed E-state index contributed by atoms with van der Waals surface area (Å²) in [5.41, 5.74) is -1.99. The minimum atomic E-state index is -2.50. The highest BCUT2D eigenvalue weighted by Crippen LogP contribution is 2.52. The van der Waals surface area contributed by atoms with Crippen LogP contribution >= 0.6 is 0 Å². The zero-order chi connectivity index (χ0) is 26.9. The van der Waals surface area contributed by atoms with Crippen LogP contribution in [0.4, 0.5) is 0 Å². The number of phenolic OH excluding ortho intramolecular Hbond substituents is 1. The van der Waals surface area contributed by atoms with Gasteiger partial charge in [0, 0.05) is 23.5 Å². The van der Waals surface area contributed by atoms with E-state index in [1.165, 1.54) is 6.07 Å². The number of hydrogen-bond acceptors (Lipinski definition) is 9. The number of carbonyl (C=O) groups excluding carboxylic acids is 3. The second-order valence-corrected chi connectivity index (χ2v) is 10.8. The molecular weight excluding hydrogens is 490 g/mol. The molecule has 9 nitrogen and oxygen atoms in total. The summed E-state index contributed by atoms with van der Waals surface area (Å²) in [6, 6.07) is 6.85. The van der Waals surface area contributed by atoms with Crippen LogP contribution in [0.25, 0.3) is 11.3 Å². The van der Waals surface area contributed by atoms with E-state index in [9.17, 15) is 34.8 Å². The SMILES string of the molecule is CC(=O)C1=C(O)C[C@@H]2C[C@@H]3Cc4c(-c5ccc(CN6CCCC6)o5)ccc(O)c4C(=O)C3=C(O)[C@]2(O)C1=O. The van der Waals surface area contributed by atoms with E-state index in [0.717, 1.165) is 38.6 Å². The first kappa shape index (κ1) is 24.6. The number of phenols is 1. The summed E-state index contributed by atoms with van der Waals surface area (Å²) >= 11 is 0. The summed E-state index contributed by atoms with van der Waals surface area (Å²) in [6.45, 7) is 3.83. The lowest BCUT2D eigenvalue weighted by Gasteiger charge is -2.45. The minimum Gasteiger partial charge on any atom is -0.511 e. The highest BCUT2D eigenvalue weighted by atomic mass is 16.4. The van der Waals surface area contributed by atoms with Crippen molar-refractivity contribution in [3.63, 3.8) is 0 Å². The normalized spacial score (nSPS) is 27.4. The maximum Gasteiger partial charge on any atom is 0.209 e. The third kappa shape index (κ3) is 3.49. The second kappa shape index (κ2) is 8.68. The number of aliphatic hydroxyl groups is 3. The summed E-state index contributed by atoms with van der Waals surface area (Å²) in [5, 5.41) is 43.7. The Morgan fingerprint density at radius 2 is 1.82 bits per heavy atom. The summed E-state index contributed by atoms with van der Waals surface area (Å²) < 4.78 is 6.14. The largest absolute Gasteiger partial charge is 0.511 e. The van der Waals surface area contributed by atoms with E-state index in [4.69, 9.17) is 4.42 Å². The number of aliphatic hydroxyl groups excluding tert-OH is 2. The fourth-order valence-corrected chi connectivity index (χ4v) is 6.73. The van der Waals surface area contributed by atoms with E-state index < -0.39 is 51.9 Å². The van der Waals surface area contributed by atoms with Crippen molar-refractivity contribution in [3.05, 3.63) is 63.8 Å². The first-order valence-electron chi connectivity index (χ1n) is 13.0. The van der Waals surface area contributed by atoms with Crippen LogP contribution < -0.4 is 0 Å². The Balaban J connectivity index is 1.41. The number of furan rings is 1. The molecule has 0 spiro atoms. The van der Waals surface area contributed by atoms with Gasteiger partial charge in [-0.05, 0) is 81.4 Å². The Bertz CT molecular complexity index is 1460. The number of carbonyl (C=O) groups is 3. The average Bonchev–Trinajstić information content (AvgIpc) is 3.54. The van der Waals surface area contributed by atoms with Crippen molar-refractivity contribution in [3.8, 4) is 17.1 Å². The maximum absolute atomic E-state index is 13.7. The molecule has 4 aliphatic rings. The fraction of sp³-hybridized carbons (Fsp3) is 0.414. The summed E-state index contributed by atoms with van der Waals surface area (Å²) in [5.74, 6) is -4.15. The van der Waals surface area contributed by atoms with Gasteiger partial charge in [-0.3, -0.25) is 19.3 Å². The summed E-state index contributed by atoms with van der Waals surface area (Å²) in [4.78, 5) is 41.2. The third-order valence-corrected chi connectivity index (χ3v) is 8.56. The fourth-order valence-electron chi connectivity index (χ4n) is 6.73. The number of rotatable bonds is 4. The van der Waals surface area contributed by atoms with Crippen molar-refractivity contribution in [2.45, 2.75) is 51.2 Å². The quantitative estimate of drug-likeness (QED) is 0.445. The Morgan fingerprint density at radius 3 is 2.53 bits per heavy atom. The van der Waals surface area contributed by atoms with Gasteiger partial charge in [0.2, 0.25) is 5.78 Å². The van der Waals surface area contributed by atoms with Crippen LogP contribution in [-0.2, 0) is 22.6 Å². The van der Waals surface area contributed by atoms with Crippen molar-refractivity contribution < 1.29 is 39.2 Å². The van der Waals surface area contributed by atoms with E-state index in [0.29, 0.717) is 23.4 Å². The van der Waals surface area contributed by atoms with Crippen LogP contribution in [-0.4, -0.2) is 61.4 Å². The smallest absolute Gasteiger partial charge is 0.209 e. The van der Waals surface area contributed by atoms with Gasteiger partial charge < -0.3 is 24.8 Å². The van der Waals surface area contributed by atoms with Crippen LogP contribution in [0.1, 0.15) is 54.3 Å². The Labute approximate surface area is 218 Å². The van der Waals surface area contributed by atoms with Gasteiger partial charge in [-0.2, -0.15) is 0 Å². The molecule has 0 bridgehead atoms. The topological polar surface area (TPSA) is 149 Å². The van der Waals surface area contributed by atoms with Gasteiger partial charge in [-0.25, -0.2) is 0 Å². The Morgan fingerprint density at radius 1 is 1.08 bits per heavy atom. The highest BCUT2D eigenvalue weighted by molar-refractivity contribution is 6.25. The zero-order valence-electron chi connectivity index (χ0n) is 21.0. The molecule has 0 saturated carbocycles. The van der Waals surface area contributed by atoms with Crippen molar-refractivity contribution in [1.82, 2.24) is 4.90 Å². The van der Waals surface area contributed by atoms with E-state index in [1.807, 2.05) is 12.1 Å². The zero-order valence-corrected chi connectivity index (χ0v) is 21.0. The van der Waals surface area contributed by atoms with Crippen molar-refractivity contribution >= 4 is 17.3 Å². The second-order valence-electron chi connectivity index (χ2n) is 10.8. The van der Waals surface area contributed by atoms with Gasteiger partial charge in [-0.15, -0.1) is 0 Å². The molecule has 9 heteroatoms. The van der Waals surface area contributed by atoms with Gasteiger partial charge in [-0.1, -0.05) is 0 Å². The van der Waals surface area contributed by atoms with Gasteiger partial charge in [0.25, 0.3) is 0 Å². The number of likely N-dealkylation sites (tertiary alicyclic amines) is 1. The third-order valence-electron chi connectivity index (χ3n) is 8.56. The van der Waals surface area contributed by atoms with Crippen LogP contribution in [0.2, 0.25) is 0 Å². The summed E-state index contributed by atoms with van der Waals surface area (Å²) in [7, 11) is 0. The molecule has 0 amide bonds. The van der Waals surface area contributed by atoms with Gasteiger partial charge >= 0.3 is 0 Å². The first-order chi connectivity index (χ1) is 18.1. The molecule has 3 aliphatic carbocycles. The molecule has 0 radical (unpaired) electrons. The molecule has 6 rings (SSSR count).